The van der Waals surface area contributed by atoms with Gasteiger partial charge in [-0.3, -0.25) is 4.79 Å². The van der Waals surface area contributed by atoms with E-state index in [9.17, 15) is 29.4 Å². The Balaban J connectivity index is 2.21. The van der Waals surface area contributed by atoms with Crippen LogP contribution in [0.1, 0.15) is 18.1 Å². The Labute approximate surface area is 184 Å². The standard InChI is InChI=1S/C23H24N2O7/c1-2-32-18(26)15-24-21(29)25(22(30)31)19(20(27)28)23(24,13-16-9-5-3-6-10-16)14-17-11-7-4-8-12-17/h3-12,19H,2,13-15H2,1H3,(H,27,28)(H,30,31)/t19-/m1/s1. The zero-order chi connectivity index (χ0) is 23.3. The van der Waals surface area contributed by atoms with Crippen LogP contribution in [0.3, 0.4) is 0 Å². The maximum absolute atomic E-state index is 13.2. The molecule has 3 amide bonds. The molecule has 0 saturated carbocycles. The molecule has 1 atom stereocenters. The summed E-state index contributed by atoms with van der Waals surface area (Å²) in [6, 6.07) is 14.9. The number of benzene rings is 2. The number of hydrogen-bond donors (Lipinski definition) is 2. The normalized spacial score (nSPS) is 17.3. The molecule has 1 saturated heterocycles. The summed E-state index contributed by atoms with van der Waals surface area (Å²) in [5.41, 5.74) is -0.163. The second kappa shape index (κ2) is 9.51. The molecule has 9 heteroatoms. The van der Waals surface area contributed by atoms with Gasteiger partial charge in [0.25, 0.3) is 0 Å². The minimum absolute atomic E-state index is 0.0224. The monoisotopic (exact) mass is 440 g/mol. The largest absolute Gasteiger partial charge is 0.480 e. The molecule has 2 aromatic carbocycles. The van der Waals surface area contributed by atoms with Crippen LogP contribution in [0.2, 0.25) is 0 Å². The lowest BCUT2D eigenvalue weighted by Gasteiger charge is -2.39. The van der Waals surface area contributed by atoms with Crippen molar-refractivity contribution < 1.29 is 34.1 Å². The molecule has 1 aliphatic rings. The molecule has 0 bridgehead atoms. The summed E-state index contributed by atoms with van der Waals surface area (Å²) < 4.78 is 4.99. The summed E-state index contributed by atoms with van der Waals surface area (Å²) in [6.45, 7) is 1.10. The first kappa shape index (κ1) is 22.8. The molecule has 0 aromatic heterocycles. The molecule has 9 nitrogen and oxygen atoms in total. The van der Waals surface area contributed by atoms with Gasteiger partial charge in [0, 0.05) is 0 Å². The van der Waals surface area contributed by atoms with Crippen LogP contribution in [-0.4, -0.2) is 68.8 Å². The lowest BCUT2D eigenvalue weighted by Crippen LogP contribution is -2.59. The number of carboxylic acid groups (broad SMARTS) is 2. The van der Waals surface area contributed by atoms with E-state index in [0.717, 1.165) is 4.90 Å². The average molecular weight is 440 g/mol. The highest BCUT2D eigenvalue weighted by molar-refractivity contribution is 6.00. The van der Waals surface area contributed by atoms with E-state index in [2.05, 4.69) is 0 Å². The summed E-state index contributed by atoms with van der Waals surface area (Å²) in [5, 5.41) is 19.8. The summed E-state index contributed by atoms with van der Waals surface area (Å²) in [7, 11) is 0. The highest BCUT2D eigenvalue weighted by Gasteiger charge is 2.62. The van der Waals surface area contributed by atoms with Crippen molar-refractivity contribution in [3.63, 3.8) is 0 Å². The van der Waals surface area contributed by atoms with Crippen molar-refractivity contribution in [2.24, 2.45) is 0 Å². The highest BCUT2D eigenvalue weighted by Crippen LogP contribution is 2.39. The zero-order valence-electron chi connectivity index (χ0n) is 17.5. The molecule has 2 N–H and O–H groups in total. The predicted molar refractivity (Wildman–Crippen MR) is 113 cm³/mol. The molecule has 168 valence electrons. The van der Waals surface area contributed by atoms with Crippen LogP contribution >= 0.6 is 0 Å². The van der Waals surface area contributed by atoms with E-state index < -0.39 is 42.2 Å². The van der Waals surface area contributed by atoms with Gasteiger partial charge in [0.05, 0.1) is 12.1 Å². The van der Waals surface area contributed by atoms with E-state index in [1.165, 1.54) is 0 Å². The number of amides is 3. The fourth-order valence-corrected chi connectivity index (χ4v) is 4.26. The third kappa shape index (κ3) is 4.41. The molecule has 3 rings (SSSR count). The lowest BCUT2D eigenvalue weighted by molar-refractivity contribution is -0.148. The number of aliphatic carboxylic acids is 1. The summed E-state index contributed by atoms with van der Waals surface area (Å²) >= 11 is 0. The Morgan fingerprint density at radius 1 is 0.938 bits per heavy atom. The van der Waals surface area contributed by atoms with Crippen LogP contribution < -0.4 is 0 Å². The van der Waals surface area contributed by atoms with Crippen LogP contribution in [0.15, 0.2) is 60.7 Å². The number of urea groups is 1. The third-order valence-electron chi connectivity index (χ3n) is 5.48. The lowest BCUT2D eigenvalue weighted by atomic mass is 9.78. The van der Waals surface area contributed by atoms with Gasteiger partial charge in [-0.15, -0.1) is 0 Å². The van der Waals surface area contributed by atoms with Crippen LogP contribution in [0.5, 0.6) is 0 Å². The maximum Gasteiger partial charge on any atom is 0.416 e. The SMILES string of the molecule is CCOC(=O)CN1C(=O)N(C(=O)O)[C@H](C(=O)O)C1(Cc1ccccc1)Cc1ccccc1. The van der Waals surface area contributed by atoms with Crippen LogP contribution in [-0.2, 0) is 27.2 Å². The fourth-order valence-electron chi connectivity index (χ4n) is 4.26. The van der Waals surface area contributed by atoms with E-state index in [0.29, 0.717) is 16.0 Å². The van der Waals surface area contributed by atoms with Crippen molar-refractivity contribution in [2.45, 2.75) is 31.3 Å². The number of carbonyl (C=O) groups excluding carboxylic acids is 2. The number of nitrogens with zero attached hydrogens (tertiary/aromatic N) is 2. The Hall–Kier alpha value is -3.88. The van der Waals surface area contributed by atoms with Crippen LogP contribution in [0.4, 0.5) is 9.59 Å². The van der Waals surface area contributed by atoms with Crippen molar-refractivity contribution >= 4 is 24.1 Å². The Kier molecular flexibility index (Phi) is 6.77. The molecule has 0 aliphatic carbocycles. The van der Waals surface area contributed by atoms with E-state index in [1.54, 1.807) is 67.6 Å². The van der Waals surface area contributed by atoms with E-state index in [-0.39, 0.29) is 19.4 Å². The Bertz CT molecular complexity index is 952. The topological polar surface area (TPSA) is 124 Å². The number of esters is 1. The second-order valence-electron chi connectivity index (χ2n) is 7.50. The van der Waals surface area contributed by atoms with Crippen molar-refractivity contribution in [1.29, 1.82) is 0 Å². The molecule has 0 spiro atoms. The first-order chi connectivity index (χ1) is 15.3. The smallest absolute Gasteiger partial charge is 0.416 e. The van der Waals surface area contributed by atoms with Gasteiger partial charge < -0.3 is 19.8 Å². The van der Waals surface area contributed by atoms with Crippen molar-refractivity contribution in [2.75, 3.05) is 13.2 Å². The molecule has 0 radical (unpaired) electrons. The summed E-state index contributed by atoms with van der Waals surface area (Å²) in [5.74, 6) is -2.22. The molecular formula is C23H24N2O7. The Morgan fingerprint density at radius 2 is 1.44 bits per heavy atom. The van der Waals surface area contributed by atoms with Gasteiger partial charge in [-0.25, -0.2) is 19.3 Å². The minimum atomic E-state index is -1.73. The maximum atomic E-state index is 13.2. The number of ether oxygens (including phenoxy) is 1. The Morgan fingerprint density at radius 3 is 1.84 bits per heavy atom. The first-order valence-electron chi connectivity index (χ1n) is 10.1. The van der Waals surface area contributed by atoms with Crippen LogP contribution in [0, 0.1) is 0 Å². The van der Waals surface area contributed by atoms with Crippen molar-refractivity contribution in [3.05, 3.63) is 71.8 Å². The molecular weight excluding hydrogens is 416 g/mol. The number of carboxylic acids is 1. The second-order valence-corrected chi connectivity index (χ2v) is 7.50. The highest BCUT2D eigenvalue weighted by atomic mass is 16.5. The predicted octanol–water partition coefficient (Wildman–Crippen LogP) is 2.64. The zero-order valence-corrected chi connectivity index (χ0v) is 17.5. The van der Waals surface area contributed by atoms with Gasteiger partial charge >= 0.3 is 24.1 Å². The van der Waals surface area contributed by atoms with Gasteiger partial charge in [-0.1, -0.05) is 60.7 Å². The number of hydrogen-bond acceptors (Lipinski definition) is 5. The molecule has 1 heterocycles. The molecule has 1 aliphatic heterocycles. The van der Waals surface area contributed by atoms with Crippen molar-refractivity contribution in [1.82, 2.24) is 9.80 Å². The van der Waals surface area contributed by atoms with Gasteiger partial charge in [-0.2, -0.15) is 0 Å². The average Bonchev–Trinajstić information content (AvgIpc) is 2.98. The first-order valence-corrected chi connectivity index (χ1v) is 10.1. The molecule has 2 aromatic rings. The quantitative estimate of drug-likeness (QED) is 0.605. The molecule has 32 heavy (non-hydrogen) atoms. The summed E-state index contributed by atoms with van der Waals surface area (Å²) in [4.78, 5) is 51.3. The van der Waals surface area contributed by atoms with Gasteiger partial charge in [-0.05, 0) is 30.9 Å². The van der Waals surface area contributed by atoms with Gasteiger partial charge in [0.1, 0.15) is 6.54 Å². The number of imide groups is 1. The van der Waals surface area contributed by atoms with Crippen LogP contribution in [0.25, 0.3) is 0 Å². The third-order valence-corrected chi connectivity index (χ3v) is 5.48. The number of carbonyl (C=O) groups is 4. The van der Waals surface area contributed by atoms with Gasteiger partial charge in [0.2, 0.25) is 0 Å². The van der Waals surface area contributed by atoms with E-state index in [4.69, 9.17) is 4.74 Å². The van der Waals surface area contributed by atoms with E-state index >= 15 is 0 Å². The molecule has 1 fully saturated rings. The fraction of sp³-hybridized carbons (Fsp3) is 0.304. The minimum Gasteiger partial charge on any atom is -0.480 e. The number of rotatable bonds is 8. The molecule has 0 unspecified atom stereocenters. The van der Waals surface area contributed by atoms with Gasteiger partial charge in [0.15, 0.2) is 6.04 Å². The van der Waals surface area contributed by atoms with Crippen molar-refractivity contribution in [3.8, 4) is 0 Å². The van der Waals surface area contributed by atoms with E-state index in [1.807, 2.05) is 0 Å². The summed E-state index contributed by atoms with van der Waals surface area (Å²) in [6.07, 6.45) is -1.65.